The highest BCUT2D eigenvalue weighted by molar-refractivity contribution is 7.14. The number of thiophene rings is 1. The van der Waals surface area contributed by atoms with Crippen LogP contribution >= 0.6 is 11.3 Å². The van der Waals surface area contributed by atoms with Gasteiger partial charge in [0.15, 0.2) is 0 Å². The molecule has 1 amide bonds. The van der Waals surface area contributed by atoms with Gasteiger partial charge in [-0.2, -0.15) is 0 Å². The van der Waals surface area contributed by atoms with Crippen molar-refractivity contribution in [1.82, 2.24) is 0 Å². The van der Waals surface area contributed by atoms with Crippen molar-refractivity contribution in [3.8, 4) is 0 Å². The van der Waals surface area contributed by atoms with Crippen molar-refractivity contribution in [2.75, 3.05) is 24.7 Å². The molecule has 2 aliphatic rings. The minimum Gasteiger partial charge on any atom is -0.379 e. The SMILES string of the molecule is O=C(c1cc2c(s1)CCOC2)N(c1ccccc1)[C@H]1CCOC1. The van der Waals surface area contributed by atoms with Gasteiger partial charge in [0, 0.05) is 23.6 Å². The molecule has 0 bridgehead atoms. The third-order valence-electron chi connectivity index (χ3n) is 4.36. The van der Waals surface area contributed by atoms with Crippen molar-refractivity contribution < 1.29 is 14.3 Å². The van der Waals surface area contributed by atoms with Gasteiger partial charge in [-0.3, -0.25) is 4.79 Å². The number of para-hydroxylation sites is 1. The minimum atomic E-state index is 0.0751. The Labute approximate surface area is 139 Å². The van der Waals surface area contributed by atoms with Crippen LogP contribution < -0.4 is 4.90 Å². The quantitative estimate of drug-likeness (QED) is 0.867. The number of nitrogens with zero attached hydrogens (tertiary/aromatic N) is 1. The summed E-state index contributed by atoms with van der Waals surface area (Å²) in [6.07, 6.45) is 1.79. The Morgan fingerprint density at radius 1 is 1.17 bits per heavy atom. The second kappa shape index (κ2) is 6.43. The third-order valence-corrected chi connectivity index (χ3v) is 5.59. The third kappa shape index (κ3) is 2.92. The smallest absolute Gasteiger partial charge is 0.268 e. The molecule has 2 aliphatic heterocycles. The Morgan fingerprint density at radius 3 is 2.78 bits per heavy atom. The molecule has 3 heterocycles. The zero-order chi connectivity index (χ0) is 15.6. The molecular weight excluding hydrogens is 310 g/mol. The molecule has 0 aliphatic carbocycles. The molecule has 0 spiro atoms. The van der Waals surface area contributed by atoms with Crippen LogP contribution in [0.3, 0.4) is 0 Å². The number of hydrogen-bond donors (Lipinski definition) is 0. The summed E-state index contributed by atoms with van der Waals surface area (Å²) in [6, 6.07) is 12.0. The molecule has 4 rings (SSSR count). The lowest BCUT2D eigenvalue weighted by Crippen LogP contribution is -2.40. The molecule has 0 N–H and O–H groups in total. The first-order valence-electron chi connectivity index (χ1n) is 7.98. The van der Waals surface area contributed by atoms with Gasteiger partial charge in [0.25, 0.3) is 5.91 Å². The summed E-state index contributed by atoms with van der Waals surface area (Å²) in [5, 5.41) is 0. The molecular formula is C18H19NO3S. The summed E-state index contributed by atoms with van der Waals surface area (Å²) in [5.41, 5.74) is 2.11. The number of carbonyl (C=O) groups excluding carboxylic acids is 1. The van der Waals surface area contributed by atoms with E-state index in [4.69, 9.17) is 9.47 Å². The van der Waals surface area contributed by atoms with Crippen LogP contribution in [0.2, 0.25) is 0 Å². The van der Waals surface area contributed by atoms with Crippen LogP contribution in [0.5, 0.6) is 0 Å². The van der Waals surface area contributed by atoms with E-state index in [1.165, 1.54) is 10.4 Å². The Balaban J connectivity index is 1.68. The van der Waals surface area contributed by atoms with Gasteiger partial charge in [-0.05, 0) is 30.2 Å². The zero-order valence-electron chi connectivity index (χ0n) is 12.9. The summed E-state index contributed by atoms with van der Waals surface area (Å²) >= 11 is 1.61. The minimum absolute atomic E-state index is 0.0751. The lowest BCUT2D eigenvalue weighted by molar-refractivity contribution is 0.0975. The van der Waals surface area contributed by atoms with E-state index in [1.54, 1.807) is 11.3 Å². The lowest BCUT2D eigenvalue weighted by Gasteiger charge is -2.27. The van der Waals surface area contributed by atoms with Crippen molar-refractivity contribution in [1.29, 1.82) is 0 Å². The number of anilines is 1. The van der Waals surface area contributed by atoms with Crippen LogP contribution in [0.25, 0.3) is 0 Å². The summed E-state index contributed by atoms with van der Waals surface area (Å²) < 4.78 is 11.0. The van der Waals surface area contributed by atoms with Crippen LogP contribution in [0.15, 0.2) is 36.4 Å². The van der Waals surface area contributed by atoms with Crippen LogP contribution in [0.4, 0.5) is 5.69 Å². The molecule has 23 heavy (non-hydrogen) atoms. The Morgan fingerprint density at radius 2 is 2.04 bits per heavy atom. The Kier molecular flexibility index (Phi) is 4.16. The Hall–Kier alpha value is -1.69. The molecule has 2 aromatic rings. The summed E-state index contributed by atoms with van der Waals surface area (Å²) in [5.74, 6) is 0.0751. The number of benzene rings is 1. The fourth-order valence-corrected chi connectivity index (χ4v) is 4.27. The summed E-state index contributed by atoms with van der Waals surface area (Å²) in [4.78, 5) is 17.2. The molecule has 120 valence electrons. The molecule has 4 nitrogen and oxygen atoms in total. The standard InChI is InChI=1S/C18H19NO3S/c20-18(17-10-13-11-21-9-7-16(13)23-17)19(15-6-8-22-12-15)14-4-2-1-3-5-14/h1-5,10,15H,6-9,11-12H2/t15-/m0/s1. The number of ether oxygens (including phenoxy) is 2. The molecule has 5 heteroatoms. The van der Waals surface area contributed by atoms with Crippen molar-refractivity contribution in [3.05, 3.63) is 51.7 Å². The number of amides is 1. The Bertz CT molecular complexity index is 668. The van der Waals surface area contributed by atoms with Gasteiger partial charge in [-0.25, -0.2) is 0 Å². The van der Waals surface area contributed by atoms with Gasteiger partial charge in [0.2, 0.25) is 0 Å². The molecule has 0 saturated carbocycles. The van der Waals surface area contributed by atoms with Crippen molar-refractivity contribution in [2.45, 2.75) is 25.5 Å². The van der Waals surface area contributed by atoms with Crippen LogP contribution in [0, 0.1) is 0 Å². The number of hydrogen-bond acceptors (Lipinski definition) is 4. The van der Waals surface area contributed by atoms with E-state index in [0.717, 1.165) is 36.6 Å². The van der Waals surface area contributed by atoms with Gasteiger partial charge < -0.3 is 14.4 Å². The van der Waals surface area contributed by atoms with E-state index in [1.807, 2.05) is 41.3 Å². The van der Waals surface area contributed by atoms with E-state index >= 15 is 0 Å². The van der Waals surface area contributed by atoms with Crippen molar-refractivity contribution in [2.24, 2.45) is 0 Å². The second-order valence-corrected chi connectivity index (χ2v) is 7.03. The maximum absolute atomic E-state index is 13.2. The van der Waals surface area contributed by atoms with Crippen molar-refractivity contribution >= 4 is 22.9 Å². The molecule has 1 atom stereocenters. The lowest BCUT2D eigenvalue weighted by atomic mass is 10.1. The van der Waals surface area contributed by atoms with Gasteiger partial charge in [-0.1, -0.05) is 18.2 Å². The highest BCUT2D eigenvalue weighted by Gasteiger charge is 2.31. The predicted molar refractivity (Wildman–Crippen MR) is 90.2 cm³/mol. The molecule has 1 fully saturated rings. The first-order chi connectivity index (χ1) is 11.3. The van der Waals surface area contributed by atoms with E-state index < -0.39 is 0 Å². The number of carbonyl (C=O) groups is 1. The second-order valence-electron chi connectivity index (χ2n) is 5.89. The first kappa shape index (κ1) is 14.9. The van der Waals surface area contributed by atoms with Gasteiger partial charge in [0.1, 0.15) is 0 Å². The average Bonchev–Trinajstić information content (AvgIpc) is 3.25. The first-order valence-corrected chi connectivity index (χ1v) is 8.80. The molecule has 1 aromatic heterocycles. The van der Waals surface area contributed by atoms with E-state index in [2.05, 4.69) is 0 Å². The fraction of sp³-hybridized carbons (Fsp3) is 0.389. The van der Waals surface area contributed by atoms with Gasteiger partial charge >= 0.3 is 0 Å². The highest BCUT2D eigenvalue weighted by atomic mass is 32.1. The maximum atomic E-state index is 13.2. The van der Waals surface area contributed by atoms with Crippen LogP contribution in [-0.4, -0.2) is 31.8 Å². The molecule has 0 radical (unpaired) electrons. The highest BCUT2D eigenvalue weighted by Crippen LogP contribution is 2.31. The molecule has 1 saturated heterocycles. The number of fused-ring (bicyclic) bond motifs is 1. The van der Waals surface area contributed by atoms with Crippen molar-refractivity contribution in [3.63, 3.8) is 0 Å². The molecule has 1 aromatic carbocycles. The molecule has 0 unspecified atom stereocenters. The maximum Gasteiger partial charge on any atom is 0.268 e. The summed E-state index contributed by atoms with van der Waals surface area (Å²) in [6.45, 7) is 2.70. The fourth-order valence-electron chi connectivity index (χ4n) is 3.18. The van der Waals surface area contributed by atoms with Gasteiger partial charge in [0.05, 0.1) is 30.7 Å². The topological polar surface area (TPSA) is 38.8 Å². The normalized spacial score (nSPS) is 20.3. The average molecular weight is 329 g/mol. The van der Waals surface area contributed by atoms with Crippen LogP contribution in [-0.2, 0) is 22.5 Å². The van der Waals surface area contributed by atoms with Crippen LogP contribution in [0.1, 0.15) is 26.5 Å². The largest absolute Gasteiger partial charge is 0.379 e. The summed E-state index contributed by atoms with van der Waals surface area (Å²) in [7, 11) is 0. The van der Waals surface area contributed by atoms with E-state index in [0.29, 0.717) is 13.2 Å². The number of rotatable bonds is 3. The predicted octanol–water partition coefficient (Wildman–Crippen LogP) is 3.26. The monoisotopic (exact) mass is 329 g/mol. The van der Waals surface area contributed by atoms with E-state index in [-0.39, 0.29) is 11.9 Å². The zero-order valence-corrected chi connectivity index (χ0v) is 13.7. The van der Waals surface area contributed by atoms with E-state index in [9.17, 15) is 4.79 Å². The van der Waals surface area contributed by atoms with Gasteiger partial charge in [-0.15, -0.1) is 11.3 Å².